The van der Waals surface area contributed by atoms with Gasteiger partial charge in [0.15, 0.2) is 0 Å². The Morgan fingerprint density at radius 3 is 2.39 bits per heavy atom. The molecule has 0 atom stereocenters. The fraction of sp³-hybridized carbons (Fsp3) is 0.0667. The third-order valence-electron chi connectivity index (χ3n) is 3.01. The number of hydroxylamine groups is 1. The molecule has 150 valence electrons. The molecule has 0 amide bonds. The Morgan fingerprint density at radius 1 is 1.29 bits per heavy atom. The summed E-state index contributed by atoms with van der Waals surface area (Å²) in [6.07, 6.45) is 1.07. The van der Waals surface area contributed by atoms with Crippen molar-refractivity contribution in [3.05, 3.63) is 68.7 Å². The van der Waals surface area contributed by atoms with Gasteiger partial charge in [0.05, 0.1) is 26.6 Å². The first-order valence-electron chi connectivity index (χ1n) is 7.30. The predicted octanol–water partition coefficient (Wildman–Crippen LogP) is 2.12. The van der Waals surface area contributed by atoms with E-state index in [4.69, 9.17) is 27.1 Å². The summed E-state index contributed by atoms with van der Waals surface area (Å²) in [5, 5.41) is 25.9. The summed E-state index contributed by atoms with van der Waals surface area (Å²) in [6, 6.07) is 10.2. The maximum absolute atomic E-state index is 10.7. The van der Waals surface area contributed by atoms with E-state index in [9.17, 15) is 18.5 Å². The molecule has 0 aliphatic rings. The molecule has 0 spiro atoms. The number of nitro groups is 1. The lowest BCUT2D eigenvalue weighted by Crippen LogP contribution is -2.27. The van der Waals surface area contributed by atoms with E-state index >= 15 is 0 Å². The largest absolute Gasteiger partial charge is 0.367 e. The molecule has 0 fully saturated rings. The lowest BCUT2D eigenvalue weighted by Gasteiger charge is -1.98. The highest BCUT2D eigenvalue weighted by atomic mass is 35.5. The molecule has 2 rings (SSSR count). The summed E-state index contributed by atoms with van der Waals surface area (Å²) in [5.74, 6) is -0.351. The molecule has 0 saturated carbocycles. The molecule has 0 bridgehead atoms. The number of nitrogens with one attached hydrogen (secondary N) is 1. The van der Waals surface area contributed by atoms with Crippen molar-refractivity contribution in [2.24, 2.45) is 15.9 Å². The smallest absolute Gasteiger partial charge is 0.294 e. The minimum atomic E-state index is -4.02. The van der Waals surface area contributed by atoms with Gasteiger partial charge in [0.1, 0.15) is 0 Å². The molecule has 28 heavy (non-hydrogen) atoms. The van der Waals surface area contributed by atoms with Crippen molar-refractivity contribution in [2.45, 2.75) is 11.8 Å². The van der Waals surface area contributed by atoms with Crippen molar-refractivity contribution in [3.63, 3.8) is 0 Å². The van der Waals surface area contributed by atoms with Crippen LogP contribution in [0.1, 0.15) is 11.1 Å². The Labute approximate surface area is 165 Å². The number of nitrogens with zero attached hydrogens (tertiary/aromatic N) is 3. The topological polar surface area (TPSA) is 181 Å². The van der Waals surface area contributed by atoms with Crippen LogP contribution in [0.2, 0.25) is 5.02 Å². The van der Waals surface area contributed by atoms with Crippen LogP contribution in [0.3, 0.4) is 0 Å². The van der Waals surface area contributed by atoms with Gasteiger partial charge in [-0.25, -0.2) is 5.48 Å². The third-order valence-corrected chi connectivity index (χ3v) is 4.21. The second-order valence-corrected chi connectivity index (χ2v) is 6.89. The summed E-state index contributed by atoms with van der Waals surface area (Å²) < 4.78 is 29.6. The third kappa shape index (κ3) is 7.28. The van der Waals surface area contributed by atoms with Crippen molar-refractivity contribution in [3.8, 4) is 0 Å². The number of benzene rings is 2. The number of rotatable bonds is 4. The molecule has 0 aliphatic carbocycles. The molecule has 0 heterocycles. The van der Waals surface area contributed by atoms with E-state index < -0.39 is 15.0 Å². The van der Waals surface area contributed by atoms with Crippen LogP contribution in [0.25, 0.3) is 0 Å². The zero-order valence-electron chi connectivity index (χ0n) is 14.4. The van der Waals surface area contributed by atoms with Gasteiger partial charge in [-0.2, -0.15) is 13.5 Å². The van der Waals surface area contributed by atoms with Gasteiger partial charge in [-0.15, -0.1) is 5.10 Å². The summed E-state index contributed by atoms with van der Waals surface area (Å²) in [6.45, 7) is 1.84. The minimum Gasteiger partial charge on any atom is -0.367 e. The maximum Gasteiger partial charge on any atom is 0.294 e. The Balaban J connectivity index is 0.000000307. The fourth-order valence-electron chi connectivity index (χ4n) is 1.69. The molecule has 2 aromatic carbocycles. The number of guanidine groups is 1. The van der Waals surface area contributed by atoms with Gasteiger partial charge in [-0.1, -0.05) is 35.4 Å². The Kier molecular flexibility index (Phi) is 8.47. The maximum atomic E-state index is 10.7. The second kappa shape index (κ2) is 10.3. The van der Waals surface area contributed by atoms with E-state index in [2.05, 4.69) is 10.2 Å². The van der Waals surface area contributed by atoms with Crippen LogP contribution in [0, 0.1) is 17.0 Å². The van der Waals surface area contributed by atoms with Gasteiger partial charge in [-0.3, -0.25) is 19.9 Å². The predicted molar refractivity (Wildman–Crippen MR) is 103 cm³/mol. The van der Waals surface area contributed by atoms with Crippen LogP contribution in [-0.4, -0.2) is 35.3 Å². The zero-order chi connectivity index (χ0) is 21.3. The number of aryl methyl sites for hydroxylation is 1. The zero-order valence-corrected chi connectivity index (χ0v) is 15.9. The van der Waals surface area contributed by atoms with Crippen molar-refractivity contribution >= 4 is 39.6 Å². The lowest BCUT2D eigenvalue weighted by atomic mass is 10.2. The van der Waals surface area contributed by atoms with Crippen LogP contribution in [0.15, 0.2) is 57.6 Å². The van der Waals surface area contributed by atoms with Gasteiger partial charge in [-0.05, 0) is 25.1 Å². The van der Waals surface area contributed by atoms with Crippen molar-refractivity contribution < 1.29 is 23.1 Å². The van der Waals surface area contributed by atoms with Crippen molar-refractivity contribution in [1.29, 1.82) is 0 Å². The summed E-state index contributed by atoms with van der Waals surface area (Å²) in [7, 11) is -4.02. The van der Waals surface area contributed by atoms with Crippen LogP contribution in [-0.2, 0) is 10.1 Å². The Hall–Kier alpha value is -3.06. The van der Waals surface area contributed by atoms with Gasteiger partial charge in [0.2, 0.25) is 5.96 Å². The molecular weight excluding hydrogens is 414 g/mol. The molecule has 0 radical (unpaired) electrons. The van der Waals surface area contributed by atoms with Crippen LogP contribution >= 0.6 is 11.6 Å². The average molecular weight is 430 g/mol. The molecule has 2 aromatic rings. The highest BCUT2D eigenvalue weighted by Gasteiger charge is 2.14. The fourth-order valence-corrected chi connectivity index (χ4v) is 2.39. The van der Waals surface area contributed by atoms with Crippen LogP contribution < -0.4 is 11.2 Å². The van der Waals surface area contributed by atoms with Crippen LogP contribution in [0.5, 0.6) is 0 Å². The van der Waals surface area contributed by atoms with Gasteiger partial charge >= 0.3 is 0 Å². The Morgan fingerprint density at radius 2 is 1.89 bits per heavy atom. The van der Waals surface area contributed by atoms with E-state index in [0.717, 1.165) is 11.8 Å². The highest BCUT2D eigenvalue weighted by Crippen LogP contribution is 2.24. The van der Waals surface area contributed by atoms with Gasteiger partial charge in [0.25, 0.3) is 15.8 Å². The number of nitro benzene ring substituents is 1. The van der Waals surface area contributed by atoms with E-state index in [1.54, 1.807) is 17.6 Å². The Bertz CT molecular complexity index is 992. The first-order chi connectivity index (χ1) is 13.1. The highest BCUT2D eigenvalue weighted by molar-refractivity contribution is 7.85. The summed E-state index contributed by atoms with van der Waals surface area (Å²) in [4.78, 5) is 10.0. The SMILES string of the molecule is Cc1ccc(S(=O)(=O)O)cc1.N/C(=N\N=C\c1c(Cl)cccc1[N+](=O)[O-])NO. The van der Waals surface area contributed by atoms with Crippen LogP contribution in [0.4, 0.5) is 5.69 Å². The number of halogens is 1. The molecular formula is C15H16ClN5O6S. The lowest BCUT2D eigenvalue weighted by molar-refractivity contribution is -0.385. The monoisotopic (exact) mass is 429 g/mol. The van der Waals surface area contributed by atoms with E-state index in [-0.39, 0.29) is 27.1 Å². The number of hydrogen-bond donors (Lipinski definition) is 4. The summed E-state index contributed by atoms with van der Waals surface area (Å²) >= 11 is 5.78. The van der Waals surface area contributed by atoms with E-state index in [1.165, 1.54) is 30.3 Å². The standard InChI is InChI=1S/C8H8ClN5O3.C7H8O3S/c9-6-2-1-3-7(14(16)17)5(6)4-11-12-8(10)13-15;1-6-2-4-7(5-3-6)11(8,9)10/h1-4,15H,(H3,10,12,13);2-5H,1H3,(H,8,9,10)/b11-4+;. The number of nitrogens with two attached hydrogens (primary N) is 1. The van der Waals surface area contributed by atoms with Crippen molar-refractivity contribution in [1.82, 2.24) is 5.48 Å². The second-order valence-electron chi connectivity index (χ2n) is 5.06. The van der Waals surface area contributed by atoms with Crippen molar-refractivity contribution in [2.75, 3.05) is 0 Å². The minimum absolute atomic E-state index is 0.0666. The average Bonchev–Trinajstić information content (AvgIpc) is 2.62. The van der Waals surface area contributed by atoms with Gasteiger partial charge < -0.3 is 5.73 Å². The summed E-state index contributed by atoms with van der Waals surface area (Å²) in [5.41, 5.74) is 7.49. The normalized spacial score (nSPS) is 11.6. The van der Waals surface area contributed by atoms with Gasteiger partial charge in [0, 0.05) is 6.07 Å². The molecule has 0 unspecified atom stereocenters. The molecule has 5 N–H and O–H groups in total. The molecule has 11 nitrogen and oxygen atoms in total. The quantitative estimate of drug-likeness (QED) is 0.187. The first-order valence-corrected chi connectivity index (χ1v) is 9.11. The molecule has 0 saturated heterocycles. The molecule has 0 aromatic heterocycles. The molecule has 13 heteroatoms. The van der Waals surface area contributed by atoms with E-state index in [0.29, 0.717) is 0 Å². The first kappa shape index (κ1) is 23.0. The van der Waals surface area contributed by atoms with E-state index in [1.807, 2.05) is 6.92 Å². The number of hydrogen-bond acceptors (Lipinski definition) is 7. The molecule has 0 aliphatic heterocycles.